The Kier molecular flexibility index (Phi) is 3.28. The van der Waals surface area contributed by atoms with E-state index in [2.05, 4.69) is 16.5 Å². The quantitative estimate of drug-likeness (QED) is 0.833. The molecule has 0 aromatic carbocycles. The van der Waals surface area contributed by atoms with Crippen LogP contribution in [0.1, 0.15) is 25.6 Å². The molecule has 96 valence electrons. The molecule has 1 aliphatic rings. The van der Waals surface area contributed by atoms with Crippen molar-refractivity contribution in [2.24, 2.45) is 5.92 Å². The van der Waals surface area contributed by atoms with Gasteiger partial charge in [-0.05, 0) is 37.8 Å². The molecule has 0 spiro atoms. The molecule has 4 heteroatoms. The number of imidazole rings is 1. The van der Waals surface area contributed by atoms with Gasteiger partial charge in [-0.3, -0.25) is 0 Å². The lowest BCUT2D eigenvalue weighted by Crippen LogP contribution is -2.21. The van der Waals surface area contributed by atoms with Gasteiger partial charge in [-0.25, -0.2) is 9.97 Å². The Morgan fingerprint density at radius 1 is 1.50 bits per heavy atom. The number of pyridine rings is 1. The summed E-state index contributed by atoms with van der Waals surface area (Å²) in [7, 11) is 0. The highest BCUT2D eigenvalue weighted by molar-refractivity contribution is 5.71. The molecule has 4 nitrogen and oxygen atoms in total. The maximum atomic E-state index is 5.55. The van der Waals surface area contributed by atoms with Gasteiger partial charge >= 0.3 is 0 Å². The van der Waals surface area contributed by atoms with Crippen molar-refractivity contribution in [3.63, 3.8) is 0 Å². The standard InChI is InChI=1S/C14H19N3O/c1-2-17-13(9-11-5-4-8-18-10-11)16-12-6-3-7-15-14(12)17/h3,6-7,11H,2,4-5,8-10H2,1H3. The lowest BCUT2D eigenvalue weighted by molar-refractivity contribution is 0.0540. The molecular formula is C14H19N3O. The van der Waals surface area contributed by atoms with Gasteiger partial charge in [0.25, 0.3) is 0 Å². The number of hydrogen-bond acceptors (Lipinski definition) is 3. The van der Waals surface area contributed by atoms with Crippen LogP contribution >= 0.6 is 0 Å². The zero-order valence-corrected chi connectivity index (χ0v) is 10.8. The molecule has 3 heterocycles. The molecule has 1 saturated heterocycles. The average Bonchev–Trinajstić information content (AvgIpc) is 2.77. The molecule has 1 aliphatic heterocycles. The third kappa shape index (κ3) is 2.12. The van der Waals surface area contributed by atoms with Crippen LogP contribution in [0.2, 0.25) is 0 Å². The van der Waals surface area contributed by atoms with Crippen LogP contribution in [0.25, 0.3) is 11.2 Å². The first kappa shape index (κ1) is 11.7. The van der Waals surface area contributed by atoms with Crippen molar-refractivity contribution in [1.82, 2.24) is 14.5 Å². The minimum absolute atomic E-state index is 0.612. The van der Waals surface area contributed by atoms with Gasteiger partial charge in [0.2, 0.25) is 0 Å². The summed E-state index contributed by atoms with van der Waals surface area (Å²) in [5, 5.41) is 0. The molecular weight excluding hydrogens is 226 g/mol. The first-order chi connectivity index (χ1) is 8.88. The number of fused-ring (bicyclic) bond motifs is 1. The molecule has 0 radical (unpaired) electrons. The van der Waals surface area contributed by atoms with Crippen LogP contribution in [0.15, 0.2) is 18.3 Å². The maximum absolute atomic E-state index is 5.55. The van der Waals surface area contributed by atoms with Crippen molar-refractivity contribution < 1.29 is 4.74 Å². The van der Waals surface area contributed by atoms with E-state index in [9.17, 15) is 0 Å². The summed E-state index contributed by atoms with van der Waals surface area (Å²) >= 11 is 0. The van der Waals surface area contributed by atoms with Crippen LogP contribution in [0, 0.1) is 5.92 Å². The Bertz CT molecular complexity index is 529. The minimum atomic E-state index is 0.612. The first-order valence-corrected chi connectivity index (χ1v) is 6.76. The largest absolute Gasteiger partial charge is 0.381 e. The van der Waals surface area contributed by atoms with Crippen LogP contribution in [-0.2, 0) is 17.7 Å². The van der Waals surface area contributed by atoms with Crippen molar-refractivity contribution in [1.29, 1.82) is 0 Å². The molecule has 0 aliphatic carbocycles. The van der Waals surface area contributed by atoms with Gasteiger partial charge in [-0.2, -0.15) is 0 Å². The summed E-state index contributed by atoms with van der Waals surface area (Å²) < 4.78 is 7.78. The lowest BCUT2D eigenvalue weighted by atomic mass is 9.98. The molecule has 2 aromatic rings. The van der Waals surface area contributed by atoms with E-state index in [4.69, 9.17) is 9.72 Å². The molecule has 18 heavy (non-hydrogen) atoms. The minimum Gasteiger partial charge on any atom is -0.381 e. The number of ether oxygens (including phenoxy) is 1. The van der Waals surface area contributed by atoms with E-state index in [0.717, 1.165) is 43.2 Å². The maximum Gasteiger partial charge on any atom is 0.159 e. The second-order valence-electron chi connectivity index (χ2n) is 4.91. The molecule has 3 rings (SSSR count). The predicted octanol–water partition coefficient (Wildman–Crippen LogP) is 2.42. The Morgan fingerprint density at radius 3 is 3.22 bits per heavy atom. The van der Waals surface area contributed by atoms with Gasteiger partial charge in [-0.15, -0.1) is 0 Å². The van der Waals surface area contributed by atoms with E-state index in [1.807, 2.05) is 18.3 Å². The monoisotopic (exact) mass is 245 g/mol. The van der Waals surface area contributed by atoms with Crippen LogP contribution < -0.4 is 0 Å². The number of rotatable bonds is 3. The zero-order valence-electron chi connectivity index (χ0n) is 10.8. The highest BCUT2D eigenvalue weighted by atomic mass is 16.5. The fraction of sp³-hybridized carbons (Fsp3) is 0.571. The summed E-state index contributed by atoms with van der Waals surface area (Å²) in [4.78, 5) is 9.16. The smallest absolute Gasteiger partial charge is 0.159 e. The van der Waals surface area contributed by atoms with Crippen molar-refractivity contribution >= 4 is 11.2 Å². The predicted molar refractivity (Wildman–Crippen MR) is 70.4 cm³/mol. The summed E-state index contributed by atoms with van der Waals surface area (Å²) in [5.41, 5.74) is 2.01. The normalized spacial score (nSPS) is 20.4. The average molecular weight is 245 g/mol. The van der Waals surface area contributed by atoms with Crippen molar-refractivity contribution in [2.45, 2.75) is 32.7 Å². The van der Waals surface area contributed by atoms with E-state index < -0.39 is 0 Å². The van der Waals surface area contributed by atoms with Crippen LogP contribution in [0.5, 0.6) is 0 Å². The van der Waals surface area contributed by atoms with Crippen molar-refractivity contribution in [3.8, 4) is 0 Å². The molecule has 2 aromatic heterocycles. The van der Waals surface area contributed by atoms with Gasteiger partial charge in [0.05, 0.1) is 0 Å². The molecule has 1 atom stereocenters. The topological polar surface area (TPSA) is 39.9 Å². The van der Waals surface area contributed by atoms with Crippen molar-refractivity contribution in [3.05, 3.63) is 24.2 Å². The van der Waals surface area contributed by atoms with Crippen LogP contribution in [0.4, 0.5) is 0 Å². The van der Waals surface area contributed by atoms with Gasteiger partial charge in [-0.1, -0.05) is 0 Å². The van der Waals surface area contributed by atoms with E-state index in [0.29, 0.717) is 5.92 Å². The Hall–Kier alpha value is -1.42. The van der Waals surface area contributed by atoms with Gasteiger partial charge in [0.15, 0.2) is 5.65 Å². The zero-order chi connectivity index (χ0) is 12.4. The molecule has 0 bridgehead atoms. The molecule has 0 amide bonds. The Morgan fingerprint density at radius 2 is 2.44 bits per heavy atom. The van der Waals surface area contributed by atoms with E-state index in [1.165, 1.54) is 12.8 Å². The van der Waals surface area contributed by atoms with Gasteiger partial charge in [0, 0.05) is 32.4 Å². The first-order valence-electron chi connectivity index (χ1n) is 6.76. The fourth-order valence-electron chi connectivity index (χ4n) is 2.72. The third-order valence-corrected chi connectivity index (χ3v) is 3.62. The number of nitrogens with zero attached hydrogens (tertiary/aromatic N) is 3. The fourth-order valence-corrected chi connectivity index (χ4v) is 2.72. The highest BCUT2D eigenvalue weighted by Crippen LogP contribution is 2.21. The van der Waals surface area contributed by atoms with E-state index >= 15 is 0 Å². The third-order valence-electron chi connectivity index (χ3n) is 3.62. The second-order valence-corrected chi connectivity index (χ2v) is 4.91. The second kappa shape index (κ2) is 5.06. The van der Waals surface area contributed by atoms with Gasteiger partial charge in [0.1, 0.15) is 11.3 Å². The SMILES string of the molecule is CCn1c(CC2CCCOC2)nc2cccnc21. The lowest BCUT2D eigenvalue weighted by Gasteiger charge is -2.21. The number of hydrogen-bond donors (Lipinski definition) is 0. The van der Waals surface area contributed by atoms with E-state index in [-0.39, 0.29) is 0 Å². The van der Waals surface area contributed by atoms with E-state index in [1.54, 1.807) is 0 Å². The summed E-state index contributed by atoms with van der Waals surface area (Å²) in [6.45, 7) is 4.87. The molecule has 0 N–H and O–H groups in total. The number of aryl methyl sites for hydroxylation is 1. The molecule has 0 saturated carbocycles. The Balaban J connectivity index is 1.90. The Labute approximate surface area is 107 Å². The molecule has 1 unspecified atom stereocenters. The molecule has 1 fully saturated rings. The van der Waals surface area contributed by atoms with Crippen molar-refractivity contribution in [2.75, 3.05) is 13.2 Å². The summed E-state index contributed by atoms with van der Waals surface area (Å²) in [5.74, 6) is 1.77. The summed E-state index contributed by atoms with van der Waals surface area (Å²) in [6, 6.07) is 3.98. The summed E-state index contributed by atoms with van der Waals surface area (Å²) in [6.07, 6.45) is 5.27. The van der Waals surface area contributed by atoms with Gasteiger partial charge < -0.3 is 9.30 Å². The number of aromatic nitrogens is 3. The van der Waals surface area contributed by atoms with Crippen LogP contribution in [-0.4, -0.2) is 27.7 Å². The van der Waals surface area contributed by atoms with Crippen LogP contribution in [0.3, 0.4) is 0 Å². The highest BCUT2D eigenvalue weighted by Gasteiger charge is 2.18.